The van der Waals surface area contributed by atoms with E-state index in [2.05, 4.69) is 55.3 Å². The number of amides is 1. The first kappa shape index (κ1) is 23.4. The van der Waals surface area contributed by atoms with Gasteiger partial charge in [0.1, 0.15) is 0 Å². The van der Waals surface area contributed by atoms with Crippen LogP contribution < -0.4 is 10.6 Å². The molecule has 1 saturated heterocycles. The number of likely N-dealkylation sites (tertiary alicyclic amines) is 1. The molecule has 7 heteroatoms. The van der Waals surface area contributed by atoms with Crippen molar-refractivity contribution in [3.05, 3.63) is 0 Å². The molecule has 0 bridgehead atoms. The molecular formula is C17H36IN5O. The zero-order chi connectivity index (χ0) is 17.5. The van der Waals surface area contributed by atoms with Gasteiger partial charge in [-0.15, -0.1) is 24.0 Å². The van der Waals surface area contributed by atoms with E-state index < -0.39 is 0 Å². The molecule has 2 N–H and O–H groups in total. The molecule has 1 aliphatic rings. The number of hydrogen-bond acceptors (Lipinski definition) is 3. The second-order valence-electron chi connectivity index (χ2n) is 7.18. The summed E-state index contributed by atoms with van der Waals surface area (Å²) in [5, 5.41) is 6.13. The standard InChI is InChI=1S/C17H35N5O.HI/c1-7-19-16(20-13-17(2,3)21(5)6)22-10-8-14(9-11-22)12-15(23)18-4;/h14H,7-13H2,1-6H3,(H,18,23)(H,19,20);1H. The van der Waals surface area contributed by atoms with Crippen molar-refractivity contribution < 1.29 is 4.79 Å². The summed E-state index contributed by atoms with van der Waals surface area (Å²) in [4.78, 5) is 20.9. The Bertz CT molecular complexity index is 404. The molecule has 142 valence electrons. The normalized spacial score (nSPS) is 16.8. The molecule has 0 radical (unpaired) electrons. The Labute approximate surface area is 164 Å². The number of carbonyl (C=O) groups excluding carboxylic acids is 1. The molecule has 1 amide bonds. The lowest BCUT2D eigenvalue weighted by Crippen LogP contribution is -2.48. The first-order valence-electron chi connectivity index (χ1n) is 8.71. The Kier molecular flexibility index (Phi) is 10.9. The van der Waals surface area contributed by atoms with Crippen molar-refractivity contribution in [3.8, 4) is 0 Å². The fraction of sp³-hybridized carbons (Fsp3) is 0.882. The van der Waals surface area contributed by atoms with Crippen LogP contribution in [0.25, 0.3) is 0 Å². The molecule has 0 aromatic carbocycles. The van der Waals surface area contributed by atoms with Crippen LogP contribution in [0.2, 0.25) is 0 Å². The van der Waals surface area contributed by atoms with Gasteiger partial charge in [0.25, 0.3) is 0 Å². The van der Waals surface area contributed by atoms with E-state index in [0.717, 1.165) is 45.0 Å². The molecule has 6 nitrogen and oxygen atoms in total. The minimum Gasteiger partial charge on any atom is -0.359 e. The van der Waals surface area contributed by atoms with E-state index in [0.29, 0.717) is 12.3 Å². The summed E-state index contributed by atoms with van der Waals surface area (Å²) in [5.41, 5.74) is 0.0399. The largest absolute Gasteiger partial charge is 0.359 e. The maximum Gasteiger partial charge on any atom is 0.220 e. The van der Waals surface area contributed by atoms with Gasteiger partial charge in [-0.2, -0.15) is 0 Å². The van der Waals surface area contributed by atoms with Gasteiger partial charge >= 0.3 is 0 Å². The number of likely N-dealkylation sites (N-methyl/N-ethyl adjacent to an activating group) is 1. The first-order valence-corrected chi connectivity index (χ1v) is 8.71. The van der Waals surface area contributed by atoms with Crippen LogP contribution in [0.3, 0.4) is 0 Å². The van der Waals surface area contributed by atoms with Crippen molar-refractivity contribution in [3.63, 3.8) is 0 Å². The summed E-state index contributed by atoms with van der Waals surface area (Å²) < 4.78 is 0. The summed E-state index contributed by atoms with van der Waals surface area (Å²) in [5.74, 6) is 1.64. The molecule has 24 heavy (non-hydrogen) atoms. The van der Waals surface area contributed by atoms with Crippen molar-refractivity contribution in [1.29, 1.82) is 0 Å². The number of nitrogens with zero attached hydrogens (tertiary/aromatic N) is 3. The van der Waals surface area contributed by atoms with Gasteiger partial charge in [-0.25, -0.2) is 0 Å². The number of hydrogen-bond donors (Lipinski definition) is 2. The lowest BCUT2D eigenvalue weighted by Gasteiger charge is -2.35. The summed E-state index contributed by atoms with van der Waals surface area (Å²) >= 11 is 0. The van der Waals surface area contributed by atoms with Crippen LogP contribution in [0.5, 0.6) is 0 Å². The second-order valence-corrected chi connectivity index (χ2v) is 7.18. The topological polar surface area (TPSA) is 60.0 Å². The van der Waals surface area contributed by atoms with Gasteiger partial charge in [-0.3, -0.25) is 9.79 Å². The van der Waals surface area contributed by atoms with Crippen LogP contribution in [0, 0.1) is 5.92 Å². The number of aliphatic imine (C=N–C) groups is 1. The minimum atomic E-state index is 0. The highest BCUT2D eigenvalue weighted by atomic mass is 127. The summed E-state index contributed by atoms with van der Waals surface area (Å²) in [6, 6.07) is 0. The third-order valence-electron chi connectivity index (χ3n) is 4.83. The quantitative estimate of drug-likeness (QED) is 0.366. The van der Waals surface area contributed by atoms with Crippen LogP contribution in [0.4, 0.5) is 0 Å². The van der Waals surface area contributed by atoms with Gasteiger partial charge in [0, 0.05) is 38.6 Å². The van der Waals surface area contributed by atoms with Gasteiger partial charge in [0.15, 0.2) is 5.96 Å². The third-order valence-corrected chi connectivity index (χ3v) is 4.83. The van der Waals surface area contributed by atoms with E-state index in [9.17, 15) is 4.79 Å². The number of piperidine rings is 1. The Balaban J connectivity index is 0.00000529. The van der Waals surface area contributed by atoms with Crippen LogP contribution in [0.1, 0.15) is 40.0 Å². The Morgan fingerprint density at radius 3 is 2.33 bits per heavy atom. The third kappa shape index (κ3) is 7.55. The van der Waals surface area contributed by atoms with Gasteiger partial charge in [0.05, 0.1) is 6.54 Å². The van der Waals surface area contributed by atoms with E-state index in [1.165, 1.54) is 0 Å². The summed E-state index contributed by atoms with van der Waals surface area (Å²) in [7, 11) is 5.89. The lowest BCUT2D eigenvalue weighted by atomic mass is 9.93. The smallest absolute Gasteiger partial charge is 0.220 e. The number of nitrogens with one attached hydrogen (secondary N) is 2. The van der Waals surface area contributed by atoms with Crippen molar-refractivity contribution in [1.82, 2.24) is 20.4 Å². The van der Waals surface area contributed by atoms with Crippen molar-refractivity contribution in [2.75, 3.05) is 47.3 Å². The fourth-order valence-corrected chi connectivity index (χ4v) is 2.55. The second kappa shape index (κ2) is 11.1. The van der Waals surface area contributed by atoms with Crippen LogP contribution in [0.15, 0.2) is 4.99 Å². The fourth-order valence-electron chi connectivity index (χ4n) is 2.55. The van der Waals surface area contributed by atoms with Crippen molar-refractivity contribution >= 4 is 35.8 Å². The Morgan fingerprint density at radius 1 is 1.29 bits per heavy atom. The average Bonchev–Trinajstić information content (AvgIpc) is 2.52. The SMILES string of the molecule is CCNC(=NCC(C)(C)N(C)C)N1CCC(CC(=O)NC)CC1.I. The van der Waals surface area contributed by atoms with Crippen molar-refractivity contribution in [2.45, 2.75) is 45.6 Å². The van der Waals surface area contributed by atoms with E-state index in [1.807, 2.05) is 0 Å². The molecule has 1 rings (SSSR count). The highest BCUT2D eigenvalue weighted by molar-refractivity contribution is 14.0. The monoisotopic (exact) mass is 453 g/mol. The summed E-state index contributed by atoms with van der Waals surface area (Å²) in [6.07, 6.45) is 2.75. The highest BCUT2D eigenvalue weighted by Gasteiger charge is 2.24. The molecule has 1 fully saturated rings. The van der Waals surface area contributed by atoms with Crippen LogP contribution in [-0.4, -0.2) is 74.5 Å². The Hall–Kier alpha value is -0.570. The molecule has 0 aromatic heterocycles. The van der Waals surface area contributed by atoms with E-state index in [-0.39, 0.29) is 35.4 Å². The number of rotatable bonds is 6. The zero-order valence-electron chi connectivity index (χ0n) is 16.2. The zero-order valence-corrected chi connectivity index (χ0v) is 18.5. The molecule has 0 saturated carbocycles. The van der Waals surface area contributed by atoms with E-state index >= 15 is 0 Å². The van der Waals surface area contributed by atoms with E-state index in [1.54, 1.807) is 7.05 Å². The van der Waals surface area contributed by atoms with Crippen LogP contribution >= 0.6 is 24.0 Å². The maximum atomic E-state index is 11.5. The number of halogens is 1. The van der Waals surface area contributed by atoms with Crippen LogP contribution in [-0.2, 0) is 4.79 Å². The maximum absolute atomic E-state index is 11.5. The summed E-state index contributed by atoms with van der Waals surface area (Å²) in [6.45, 7) is 10.1. The van der Waals surface area contributed by atoms with Gasteiger partial charge < -0.3 is 20.4 Å². The number of carbonyl (C=O) groups is 1. The van der Waals surface area contributed by atoms with Gasteiger partial charge in [-0.1, -0.05) is 0 Å². The molecular weight excluding hydrogens is 417 g/mol. The predicted molar refractivity (Wildman–Crippen MR) is 112 cm³/mol. The van der Waals surface area contributed by atoms with E-state index in [4.69, 9.17) is 4.99 Å². The van der Waals surface area contributed by atoms with Crippen molar-refractivity contribution in [2.24, 2.45) is 10.9 Å². The highest BCUT2D eigenvalue weighted by Crippen LogP contribution is 2.20. The molecule has 0 atom stereocenters. The lowest BCUT2D eigenvalue weighted by molar-refractivity contribution is -0.121. The molecule has 0 aromatic rings. The Morgan fingerprint density at radius 2 is 1.88 bits per heavy atom. The first-order chi connectivity index (χ1) is 10.8. The minimum absolute atomic E-state index is 0. The molecule has 1 aliphatic heterocycles. The predicted octanol–water partition coefficient (Wildman–Crippen LogP) is 1.76. The molecule has 0 unspecified atom stereocenters. The van der Waals surface area contributed by atoms with Gasteiger partial charge in [0.2, 0.25) is 5.91 Å². The van der Waals surface area contributed by atoms with Gasteiger partial charge in [-0.05, 0) is 53.6 Å². The molecule has 0 spiro atoms. The molecule has 0 aliphatic carbocycles. The molecule has 1 heterocycles. The number of guanidine groups is 1. The average molecular weight is 453 g/mol.